The number of carbonyl (C=O) groups is 1. The number of carbonyl (C=O) groups excluding carboxylic acids is 1. The molecule has 0 aromatic heterocycles. The van der Waals surface area contributed by atoms with E-state index in [1.54, 1.807) is 11.8 Å². The van der Waals surface area contributed by atoms with Crippen LogP contribution in [0, 0.1) is 0 Å². The first-order valence-corrected chi connectivity index (χ1v) is 7.87. The molecule has 0 N–H and O–H groups in total. The fraction of sp³-hybridized carbons (Fsp3) is 0.500. The summed E-state index contributed by atoms with van der Waals surface area (Å²) < 4.78 is 0. The SMILES string of the molecule is CSc1ccc(C(=O)N(CCCCl)C(C)C)cc1. The zero-order valence-corrected chi connectivity index (χ0v) is 12.7. The van der Waals surface area contributed by atoms with Gasteiger partial charge in [0.2, 0.25) is 0 Å². The van der Waals surface area contributed by atoms with Crippen LogP contribution in [0.15, 0.2) is 29.2 Å². The molecule has 0 aliphatic heterocycles. The normalized spacial score (nSPS) is 10.7. The van der Waals surface area contributed by atoms with Crippen molar-refractivity contribution in [1.29, 1.82) is 0 Å². The number of alkyl halides is 1. The lowest BCUT2D eigenvalue weighted by atomic mass is 10.1. The largest absolute Gasteiger partial charge is 0.336 e. The second-order valence-electron chi connectivity index (χ2n) is 4.36. The van der Waals surface area contributed by atoms with Gasteiger partial charge in [0.25, 0.3) is 5.91 Å². The van der Waals surface area contributed by atoms with E-state index in [2.05, 4.69) is 0 Å². The maximum atomic E-state index is 12.4. The lowest BCUT2D eigenvalue weighted by Gasteiger charge is -2.26. The predicted molar refractivity (Wildman–Crippen MR) is 79.7 cm³/mol. The maximum absolute atomic E-state index is 12.4. The van der Waals surface area contributed by atoms with Gasteiger partial charge in [-0.15, -0.1) is 23.4 Å². The van der Waals surface area contributed by atoms with Crippen LogP contribution in [-0.2, 0) is 0 Å². The molecule has 0 aliphatic carbocycles. The molecule has 0 saturated carbocycles. The van der Waals surface area contributed by atoms with Crippen LogP contribution in [-0.4, -0.2) is 35.5 Å². The van der Waals surface area contributed by atoms with Crippen molar-refractivity contribution in [3.05, 3.63) is 29.8 Å². The third-order valence-corrected chi connectivity index (χ3v) is 3.76. The monoisotopic (exact) mass is 285 g/mol. The molecule has 0 spiro atoms. The van der Waals surface area contributed by atoms with Gasteiger partial charge in [-0.05, 0) is 50.8 Å². The van der Waals surface area contributed by atoms with Crippen molar-refractivity contribution in [2.45, 2.75) is 31.2 Å². The van der Waals surface area contributed by atoms with Crippen molar-refractivity contribution >= 4 is 29.3 Å². The Morgan fingerprint density at radius 3 is 2.39 bits per heavy atom. The van der Waals surface area contributed by atoms with Crippen molar-refractivity contribution in [2.75, 3.05) is 18.7 Å². The Labute approximate surface area is 119 Å². The molecule has 0 radical (unpaired) electrons. The van der Waals surface area contributed by atoms with E-state index in [-0.39, 0.29) is 11.9 Å². The molecule has 1 aromatic rings. The lowest BCUT2D eigenvalue weighted by Crippen LogP contribution is -2.37. The molecule has 0 atom stereocenters. The van der Waals surface area contributed by atoms with Crippen LogP contribution in [0.5, 0.6) is 0 Å². The van der Waals surface area contributed by atoms with Gasteiger partial charge in [-0.3, -0.25) is 4.79 Å². The van der Waals surface area contributed by atoms with Gasteiger partial charge in [-0.2, -0.15) is 0 Å². The van der Waals surface area contributed by atoms with Gasteiger partial charge in [0.15, 0.2) is 0 Å². The number of nitrogens with zero attached hydrogens (tertiary/aromatic N) is 1. The zero-order chi connectivity index (χ0) is 13.5. The number of thioether (sulfide) groups is 1. The first-order valence-electron chi connectivity index (χ1n) is 6.11. The van der Waals surface area contributed by atoms with Crippen LogP contribution < -0.4 is 0 Å². The Bertz CT molecular complexity index is 378. The molecule has 0 aliphatic rings. The lowest BCUT2D eigenvalue weighted by molar-refractivity contribution is 0.0706. The molecular weight excluding hydrogens is 266 g/mol. The van der Waals surface area contributed by atoms with Gasteiger partial charge >= 0.3 is 0 Å². The Morgan fingerprint density at radius 2 is 1.94 bits per heavy atom. The van der Waals surface area contributed by atoms with Crippen LogP contribution in [0.2, 0.25) is 0 Å². The van der Waals surface area contributed by atoms with Crippen molar-refractivity contribution < 1.29 is 4.79 Å². The van der Waals surface area contributed by atoms with Crippen LogP contribution in [0.1, 0.15) is 30.6 Å². The second kappa shape index (κ2) is 7.70. The first-order chi connectivity index (χ1) is 8.60. The van der Waals surface area contributed by atoms with Crippen LogP contribution in [0.4, 0.5) is 0 Å². The molecular formula is C14H20ClNOS. The topological polar surface area (TPSA) is 20.3 Å². The van der Waals surface area contributed by atoms with Crippen LogP contribution >= 0.6 is 23.4 Å². The third kappa shape index (κ3) is 4.21. The highest BCUT2D eigenvalue weighted by atomic mass is 35.5. The molecule has 0 heterocycles. The summed E-state index contributed by atoms with van der Waals surface area (Å²) in [7, 11) is 0. The highest BCUT2D eigenvalue weighted by Crippen LogP contribution is 2.16. The average Bonchev–Trinajstić information content (AvgIpc) is 2.38. The molecule has 0 fully saturated rings. The van der Waals surface area contributed by atoms with Gasteiger partial charge in [0.05, 0.1) is 0 Å². The minimum Gasteiger partial charge on any atom is -0.336 e. The molecule has 18 heavy (non-hydrogen) atoms. The van der Waals surface area contributed by atoms with Crippen LogP contribution in [0.25, 0.3) is 0 Å². The summed E-state index contributed by atoms with van der Waals surface area (Å²) in [6, 6.07) is 7.95. The summed E-state index contributed by atoms with van der Waals surface area (Å²) in [6.45, 7) is 4.77. The molecule has 1 aromatic carbocycles. The molecule has 0 saturated heterocycles. The van der Waals surface area contributed by atoms with E-state index in [4.69, 9.17) is 11.6 Å². The van der Waals surface area contributed by atoms with Crippen molar-refractivity contribution in [3.63, 3.8) is 0 Å². The minimum atomic E-state index is 0.0859. The molecule has 1 rings (SSSR count). The number of halogens is 1. The van der Waals surface area contributed by atoms with E-state index in [0.29, 0.717) is 12.4 Å². The van der Waals surface area contributed by atoms with Crippen molar-refractivity contribution in [1.82, 2.24) is 4.90 Å². The van der Waals surface area contributed by atoms with E-state index in [1.807, 2.05) is 49.3 Å². The predicted octanol–water partition coefficient (Wildman–Crippen LogP) is 3.89. The number of benzene rings is 1. The summed E-state index contributed by atoms with van der Waals surface area (Å²) in [5.41, 5.74) is 0.746. The number of hydrogen-bond acceptors (Lipinski definition) is 2. The van der Waals surface area contributed by atoms with E-state index in [1.165, 1.54) is 4.90 Å². The summed E-state index contributed by atoms with van der Waals surface area (Å²) in [5, 5.41) is 0. The van der Waals surface area contributed by atoms with E-state index in [0.717, 1.165) is 12.0 Å². The fourth-order valence-corrected chi connectivity index (χ4v) is 2.25. The summed E-state index contributed by atoms with van der Waals surface area (Å²) in [4.78, 5) is 15.4. The summed E-state index contributed by atoms with van der Waals surface area (Å²) in [5.74, 6) is 0.671. The van der Waals surface area contributed by atoms with Crippen molar-refractivity contribution in [2.24, 2.45) is 0 Å². The number of amides is 1. The molecule has 1 amide bonds. The van der Waals surface area contributed by atoms with Crippen LogP contribution in [0.3, 0.4) is 0 Å². The van der Waals surface area contributed by atoms with Gasteiger partial charge < -0.3 is 4.90 Å². The Hall–Kier alpha value is -0.670. The van der Waals surface area contributed by atoms with Gasteiger partial charge in [-0.25, -0.2) is 0 Å². The maximum Gasteiger partial charge on any atom is 0.254 e. The summed E-state index contributed by atoms with van der Waals surface area (Å²) in [6.07, 6.45) is 2.85. The van der Waals surface area contributed by atoms with E-state index < -0.39 is 0 Å². The molecule has 4 heteroatoms. The zero-order valence-electron chi connectivity index (χ0n) is 11.1. The highest BCUT2D eigenvalue weighted by molar-refractivity contribution is 7.98. The molecule has 100 valence electrons. The number of rotatable bonds is 6. The van der Waals surface area contributed by atoms with Gasteiger partial charge in [-0.1, -0.05) is 0 Å². The minimum absolute atomic E-state index is 0.0859. The van der Waals surface area contributed by atoms with E-state index in [9.17, 15) is 4.79 Å². The molecule has 0 unspecified atom stereocenters. The Kier molecular flexibility index (Phi) is 6.58. The van der Waals surface area contributed by atoms with E-state index >= 15 is 0 Å². The quantitative estimate of drug-likeness (QED) is 0.584. The first kappa shape index (κ1) is 15.4. The highest BCUT2D eigenvalue weighted by Gasteiger charge is 2.17. The Morgan fingerprint density at radius 1 is 1.33 bits per heavy atom. The molecule has 0 bridgehead atoms. The number of hydrogen-bond donors (Lipinski definition) is 0. The van der Waals surface area contributed by atoms with Crippen molar-refractivity contribution in [3.8, 4) is 0 Å². The standard InChI is InChI=1S/C14H20ClNOS/c1-11(2)16(10-4-9-15)14(17)12-5-7-13(18-3)8-6-12/h5-8,11H,4,9-10H2,1-3H3. The average molecular weight is 286 g/mol. The summed E-state index contributed by atoms with van der Waals surface area (Å²) >= 11 is 7.38. The van der Waals surface area contributed by atoms with Gasteiger partial charge in [0, 0.05) is 28.9 Å². The Balaban J connectivity index is 2.80. The molecule has 2 nitrogen and oxygen atoms in total. The fourth-order valence-electron chi connectivity index (χ4n) is 1.72. The van der Waals surface area contributed by atoms with Gasteiger partial charge in [0.1, 0.15) is 0 Å². The third-order valence-electron chi connectivity index (χ3n) is 2.75. The second-order valence-corrected chi connectivity index (χ2v) is 5.62. The smallest absolute Gasteiger partial charge is 0.254 e.